The number of alkyl halides is 6. The van der Waals surface area contributed by atoms with Crippen molar-refractivity contribution in [3.8, 4) is 0 Å². The first-order chi connectivity index (χ1) is 6.73. The summed E-state index contributed by atoms with van der Waals surface area (Å²) in [6.45, 7) is 0. The van der Waals surface area contributed by atoms with E-state index in [1.807, 2.05) is 0 Å². The van der Waals surface area contributed by atoms with Gasteiger partial charge >= 0.3 is 12.4 Å². The van der Waals surface area contributed by atoms with E-state index in [4.69, 9.17) is 0 Å². The van der Waals surface area contributed by atoms with Crippen LogP contribution in [0.5, 0.6) is 0 Å². The van der Waals surface area contributed by atoms with E-state index in [2.05, 4.69) is 14.8 Å². The Kier molecular flexibility index (Phi) is 2.88. The molecule has 86 valence electrons. The molecule has 1 rings (SSSR count). The number of rotatable bonds is 3. The Labute approximate surface area is 78.5 Å². The minimum absolute atomic E-state index is 0.367. The molecular weight excluding hydrogens is 232 g/mol. The highest BCUT2D eigenvalue weighted by atomic mass is 19.4. The summed E-state index contributed by atoms with van der Waals surface area (Å²) in [6.07, 6.45) is -8.40. The molecule has 0 saturated heterocycles. The molecule has 10 heteroatoms. The van der Waals surface area contributed by atoms with Gasteiger partial charge in [0.1, 0.15) is 12.7 Å². The highest BCUT2D eigenvalue weighted by Gasteiger charge is 2.50. The predicted molar refractivity (Wildman–Crippen MR) is 32.2 cm³/mol. The average Bonchev–Trinajstić information content (AvgIpc) is 2.52. The zero-order valence-electron chi connectivity index (χ0n) is 6.75. The monoisotopic (exact) mass is 235 g/mol. The smallest absolute Gasteiger partial charge is 0.248 e. The third kappa shape index (κ3) is 2.81. The maximum atomic E-state index is 12.8. The van der Waals surface area contributed by atoms with Crippen molar-refractivity contribution in [3.63, 3.8) is 0 Å². The number of nitrogens with zero attached hydrogens (tertiary/aromatic N) is 3. The fraction of sp³-hybridized carbons (Fsp3) is 0.600. The number of hydrogen-bond acceptors (Lipinski definition) is 3. The van der Waals surface area contributed by atoms with Gasteiger partial charge < -0.3 is 0 Å². The first kappa shape index (κ1) is 11.8. The summed E-state index contributed by atoms with van der Waals surface area (Å²) < 4.78 is 74.5. The van der Waals surface area contributed by atoms with Gasteiger partial charge in [0.15, 0.2) is 0 Å². The van der Waals surface area contributed by atoms with Gasteiger partial charge in [0, 0.05) is 0 Å². The van der Waals surface area contributed by atoms with Crippen molar-refractivity contribution in [2.24, 2.45) is 0 Å². The molecule has 0 N–H and O–H groups in total. The summed E-state index contributed by atoms with van der Waals surface area (Å²) >= 11 is 0. The molecule has 1 atom stereocenters. The topological polar surface area (TPSA) is 39.9 Å². The van der Waals surface area contributed by atoms with Gasteiger partial charge in [-0.1, -0.05) is 0 Å². The fourth-order valence-electron chi connectivity index (χ4n) is 0.654. The molecule has 4 nitrogen and oxygen atoms in total. The van der Waals surface area contributed by atoms with E-state index >= 15 is 0 Å². The van der Waals surface area contributed by atoms with Crippen LogP contribution < -0.4 is 0 Å². The van der Waals surface area contributed by atoms with Gasteiger partial charge in [0.2, 0.25) is 0 Å². The normalized spacial score (nSPS) is 15.3. The predicted octanol–water partition coefficient (Wildman–Crippen LogP) is 1.66. The number of hydrogen-bond donors (Lipinski definition) is 0. The van der Waals surface area contributed by atoms with Gasteiger partial charge in [-0.3, -0.25) is 0 Å². The molecule has 0 radical (unpaired) electrons. The highest BCUT2D eigenvalue weighted by Crippen LogP contribution is 2.32. The second-order valence-electron chi connectivity index (χ2n) is 2.31. The molecule has 0 aliphatic heterocycles. The molecule has 0 aromatic carbocycles. The molecule has 1 heterocycles. The Morgan fingerprint density at radius 2 is 1.80 bits per heavy atom. The first-order valence-corrected chi connectivity index (χ1v) is 3.35. The molecule has 0 amide bonds. The lowest BCUT2D eigenvalue weighted by Crippen LogP contribution is -2.39. The Morgan fingerprint density at radius 3 is 2.20 bits per heavy atom. The molecule has 0 saturated carbocycles. The van der Waals surface area contributed by atoms with Crippen molar-refractivity contribution in [1.29, 1.82) is 0 Å². The van der Waals surface area contributed by atoms with Crippen LogP contribution in [0.1, 0.15) is 0 Å². The number of aromatic nitrogens is 3. The van der Waals surface area contributed by atoms with Gasteiger partial charge in [-0.15, -0.1) is 13.2 Å². The minimum atomic E-state index is -5.50. The molecule has 0 spiro atoms. The van der Waals surface area contributed by atoms with Crippen LogP contribution in [0.15, 0.2) is 12.7 Å². The zero-order valence-corrected chi connectivity index (χ0v) is 6.75. The summed E-state index contributed by atoms with van der Waals surface area (Å²) in [5.41, 5.74) is 0. The van der Waals surface area contributed by atoms with E-state index in [-0.39, 0.29) is 4.68 Å². The van der Waals surface area contributed by atoms with Gasteiger partial charge in [-0.2, -0.15) is 18.6 Å². The zero-order chi connectivity index (χ0) is 11.7. The van der Waals surface area contributed by atoms with E-state index in [1.165, 1.54) is 0 Å². The van der Waals surface area contributed by atoms with Crippen molar-refractivity contribution < 1.29 is 31.1 Å². The quantitative estimate of drug-likeness (QED) is 0.748. The van der Waals surface area contributed by atoms with Gasteiger partial charge in [0.05, 0.1) is 0 Å². The molecule has 1 unspecified atom stereocenters. The van der Waals surface area contributed by atoms with Crippen LogP contribution in [0.3, 0.4) is 0 Å². The van der Waals surface area contributed by atoms with Crippen LogP contribution in [-0.2, 0) is 10.8 Å². The lowest BCUT2D eigenvalue weighted by Gasteiger charge is -2.20. The Bertz CT molecular complexity index is 309. The second-order valence-corrected chi connectivity index (χ2v) is 2.31. The Balaban J connectivity index is 2.78. The third-order valence-electron chi connectivity index (χ3n) is 1.23. The highest BCUT2D eigenvalue weighted by molar-refractivity contribution is 4.69. The summed E-state index contributed by atoms with van der Waals surface area (Å²) in [4.78, 5) is 3.04. The van der Waals surface area contributed by atoms with E-state index in [0.717, 1.165) is 0 Å². The van der Waals surface area contributed by atoms with Gasteiger partial charge in [0.25, 0.3) is 6.36 Å². The molecule has 0 bridgehead atoms. The summed E-state index contributed by atoms with van der Waals surface area (Å²) in [5, 5.41) is 2.81. The van der Waals surface area contributed by atoms with E-state index in [0.29, 0.717) is 12.7 Å². The average molecular weight is 235 g/mol. The molecule has 15 heavy (non-hydrogen) atoms. The van der Waals surface area contributed by atoms with E-state index in [1.54, 1.807) is 0 Å². The SMILES string of the molecule is FC(OC(F)(F)F)C(F)(F)n1cncn1. The van der Waals surface area contributed by atoms with Gasteiger partial charge in [-0.25, -0.2) is 14.1 Å². The van der Waals surface area contributed by atoms with Gasteiger partial charge in [-0.05, 0) is 0 Å². The molecule has 0 aliphatic rings. The van der Waals surface area contributed by atoms with Crippen LogP contribution in [-0.4, -0.2) is 27.5 Å². The van der Waals surface area contributed by atoms with Crippen molar-refractivity contribution in [3.05, 3.63) is 12.7 Å². The molecule has 1 aromatic heterocycles. The van der Waals surface area contributed by atoms with Crippen molar-refractivity contribution in [2.45, 2.75) is 18.8 Å². The maximum absolute atomic E-state index is 12.8. The standard InChI is InChI=1S/C5H3F6N3O/c6-3(15-5(9,10)11)4(7,8)14-2-12-1-13-14/h1-3H. The summed E-state index contributed by atoms with van der Waals surface area (Å²) in [7, 11) is 0. The van der Waals surface area contributed by atoms with Crippen LogP contribution in [0.25, 0.3) is 0 Å². The van der Waals surface area contributed by atoms with E-state index < -0.39 is 18.8 Å². The van der Waals surface area contributed by atoms with Crippen LogP contribution in [0.4, 0.5) is 26.3 Å². The number of ether oxygens (including phenoxy) is 1. The Morgan fingerprint density at radius 1 is 1.20 bits per heavy atom. The van der Waals surface area contributed by atoms with Crippen LogP contribution in [0.2, 0.25) is 0 Å². The summed E-state index contributed by atoms with van der Waals surface area (Å²) in [5.74, 6) is 0. The fourth-order valence-corrected chi connectivity index (χ4v) is 0.654. The van der Waals surface area contributed by atoms with Crippen molar-refractivity contribution in [1.82, 2.24) is 14.8 Å². The summed E-state index contributed by atoms with van der Waals surface area (Å²) in [6, 6.07) is -4.58. The largest absolute Gasteiger partial charge is 0.525 e. The molecular formula is C5H3F6N3O. The lowest BCUT2D eigenvalue weighted by atomic mass is 10.5. The Hall–Kier alpha value is -1.32. The third-order valence-corrected chi connectivity index (χ3v) is 1.23. The first-order valence-electron chi connectivity index (χ1n) is 3.35. The van der Waals surface area contributed by atoms with Crippen molar-refractivity contribution >= 4 is 0 Å². The van der Waals surface area contributed by atoms with Crippen LogP contribution >= 0.6 is 0 Å². The second kappa shape index (κ2) is 3.68. The van der Waals surface area contributed by atoms with E-state index in [9.17, 15) is 26.3 Å². The molecule has 0 fully saturated rings. The van der Waals surface area contributed by atoms with Crippen molar-refractivity contribution in [2.75, 3.05) is 0 Å². The molecule has 0 aliphatic carbocycles. The maximum Gasteiger partial charge on any atom is 0.525 e. The van der Waals surface area contributed by atoms with Crippen LogP contribution in [0, 0.1) is 0 Å². The minimum Gasteiger partial charge on any atom is -0.248 e. The lowest BCUT2D eigenvalue weighted by molar-refractivity contribution is -0.400. The molecule has 1 aromatic rings. The number of halogens is 6.